The highest BCUT2D eigenvalue weighted by atomic mass is 16.5. The zero-order valence-electron chi connectivity index (χ0n) is 10.4. The van der Waals surface area contributed by atoms with E-state index in [0.717, 1.165) is 25.9 Å². The van der Waals surface area contributed by atoms with E-state index in [4.69, 9.17) is 9.84 Å². The third-order valence-corrected chi connectivity index (χ3v) is 3.63. The molecule has 6 nitrogen and oxygen atoms in total. The van der Waals surface area contributed by atoms with Gasteiger partial charge in [-0.25, -0.2) is 4.79 Å². The van der Waals surface area contributed by atoms with E-state index in [1.807, 2.05) is 0 Å². The maximum atomic E-state index is 11.6. The van der Waals surface area contributed by atoms with E-state index < -0.39 is 5.97 Å². The Balaban J connectivity index is 1.63. The monoisotopic (exact) mass is 256 g/mol. The molecule has 2 aliphatic rings. The molecule has 0 aromatic heterocycles. The van der Waals surface area contributed by atoms with Crippen molar-refractivity contribution in [1.29, 1.82) is 0 Å². The van der Waals surface area contributed by atoms with E-state index in [9.17, 15) is 9.59 Å². The van der Waals surface area contributed by atoms with Crippen LogP contribution in [0.15, 0.2) is 0 Å². The first-order valence-electron chi connectivity index (χ1n) is 6.54. The number of carbonyl (C=O) groups is 2. The molecule has 0 radical (unpaired) electrons. The Labute approximate surface area is 106 Å². The highest BCUT2D eigenvalue weighted by molar-refractivity contribution is 5.75. The topological polar surface area (TPSA) is 87.7 Å². The van der Waals surface area contributed by atoms with Crippen molar-refractivity contribution in [2.24, 2.45) is 5.92 Å². The molecular formula is C12H20N2O4. The first-order valence-corrected chi connectivity index (χ1v) is 6.54. The Kier molecular flexibility index (Phi) is 4.41. The summed E-state index contributed by atoms with van der Waals surface area (Å²) in [4.78, 5) is 22.4. The summed E-state index contributed by atoms with van der Waals surface area (Å²) in [5, 5.41) is 14.5. The summed E-state index contributed by atoms with van der Waals surface area (Å²) in [6.07, 6.45) is 4.09. The van der Waals surface area contributed by atoms with Crippen molar-refractivity contribution in [2.75, 3.05) is 13.2 Å². The fourth-order valence-electron chi connectivity index (χ4n) is 2.59. The number of aliphatic carboxylic acids is 1. The van der Waals surface area contributed by atoms with Crippen molar-refractivity contribution in [3.05, 3.63) is 0 Å². The van der Waals surface area contributed by atoms with Crippen LogP contribution in [0, 0.1) is 5.92 Å². The van der Waals surface area contributed by atoms with Gasteiger partial charge in [0.1, 0.15) is 0 Å². The third kappa shape index (κ3) is 3.60. The van der Waals surface area contributed by atoms with Crippen LogP contribution in [0.25, 0.3) is 0 Å². The van der Waals surface area contributed by atoms with E-state index in [-0.39, 0.29) is 24.1 Å². The zero-order valence-corrected chi connectivity index (χ0v) is 10.4. The van der Waals surface area contributed by atoms with E-state index in [1.54, 1.807) is 0 Å². The number of hydrogen-bond acceptors (Lipinski definition) is 3. The molecule has 102 valence electrons. The minimum Gasteiger partial charge on any atom is -0.481 e. The van der Waals surface area contributed by atoms with Crippen LogP contribution in [0.1, 0.15) is 32.1 Å². The highest BCUT2D eigenvalue weighted by Crippen LogP contribution is 2.25. The molecule has 2 amide bonds. The van der Waals surface area contributed by atoms with Crippen molar-refractivity contribution >= 4 is 12.0 Å². The first-order chi connectivity index (χ1) is 8.65. The second kappa shape index (κ2) is 6.04. The number of rotatable bonds is 4. The molecule has 0 aromatic rings. The van der Waals surface area contributed by atoms with Gasteiger partial charge in [-0.2, -0.15) is 0 Å². The van der Waals surface area contributed by atoms with Crippen molar-refractivity contribution in [3.63, 3.8) is 0 Å². The average Bonchev–Trinajstić information content (AvgIpc) is 2.96. The fraction of sp³-hybridized carbons (Fsp3) is 0.833. The Hall–Kier alpha value is -1.30. The molecule has 0 spiro atoms. The van der Waals surface area contributed by atoms with E-state index in [2.05, 4.69) is 10.6 Å². The highest BCUT2D eigenvalue weighted by Gasteiger charge is 2.30. The Morgan fingerprint density at radius 3 is 2.72 bits per heavy atom. The van der Waals surface area contributed by atoms with Gasteiger partial charge in [-0.1, -0.05) is 0 Å². The van der Waals surface area contributed by atoms with Gasteiger partial charge in [0.25, 0.3) is 0 Å². The number of carboxylic acid groups (broad SMARTS) is 1. The number of carbonyl (C=O) groups excluding carboxylic acids is 1. The largest absolute Gasteiger partial charge is 0.481 e. The van der Waals surface area contributed by atoms with E-state index in [1.165, 1.54) is 0 Å². The molecule has 1 saturated heterocycles. The molecule has 6 heteroatoms. The van der Waals surface area contributed by atoms with Gasteiger partial charge in [0.05, 0.1) is 12.0 Å². The Morgan fingerprint density at radius 2 is 2.11 bits per heavy atom. The minimum atomic E-state index is -0.765. The zero-order chi connectivity index (χ0) is 13.0. The van der Waals surface area contributed by atoms with Crippen LogP contribution in [0.5, 0.6) is 0 Å². The van der Waals surface area contributed by atoms with Crippen LogP contribution in [0.4, 0.5) is 4.79 Å². The van der Waals surface area contributed by atoms with Gasteiger partial charge < -0.3 is 20.5 Å². The van der Waals surface area contributed by atoms with Gasteiger partial charge in [-0.15, -0.1) is 0 Å². The van der Waals surface area contributed by atoms with Crippen LogP contribution in [0.2, 0.25) is 0 Å². The lowest BCUT2D eigenvalue weighted by molar-refractivity contribution is -0.141. The minimum absolute atomic E-state index is 0.0180. The van der Waals surface area contributed by atoms with Crippen molar-refractivity contribution in [3.8, 4) is 0 Å². The molecule has 1 aliphatic heterocycles. The van der Waals surface area contributed by atoms with Gasteiger partial charge >= 0.3 is 12.0 Å². The van der Waals surface area contributed by atoms with Crippen LogP contribution in [0.3, 0.4) is 0 Å². The number of hydrogen-bond donors (Lipinski definition) is 3. The molecule has 2 rings (SSSR count). The Bertz CT molecular complexity index is 315. The predicted octanol–water partition coefficient (Wildman–Crippen LogP) is 0.718. The lowest BCUT2D eigenvalue weighted by atomic mass is 10.1. The van der Waals surface area contributed by atoms with Crippen molar-refractivity contribution in [2.45, 2.75) is 44.2 Å². The summed E-state index contributed by atoms with van der Waals surface area (Å²) in [6.45, 7) is 1.30. The number of nitrogens with one attached hydrogen (secondary N) is 2. The van der Waals surface area contributed by atoms with Gasteiger partial charge in [0.15, 0.2) is 0 Å². The summed E-state index contributed by atoms with van der Waals surface area (Å²) in [7, 11) is 0. The first kappa shape index (κ1) is 13.1. The normalized spacial score (nSPS) is 31.2. The smallest absolute Gasteiger partial charge is 0.315 e. The van der Waals surface area contributed by atoms with Crippen molar-refractivity contribution < 1.29 is 19.4 Å². The van der Waals surface area contributed by atoms with Crippen LogP contribution >= 0.6 is 0 Å². The van der Waals surface area contributed by atoms with Gasteiger partial charge in [0, 0.05) is 19.2 Å². The molecule has 3 atom stereocenters. The summed E-state index contributed by atoms with van der Waals surface area (Å²) < 4.78 is 5.40. The maximum Gasteiger partial charge on any atom is 0.315 e. The molecule has 1 heterocycles. The molecular weight excluding hydrogens is 236 g/mol. The Morgan fingerprint density at radius 1 is 1.28 bits per heavy atom. The average molecular weight is 256 g/mol. The van der Waals surface area contributed by atoms with Crippen LogP contribution < -0.4 is 10.6 Å². The predicted molar refractivity (Wildman–Crippen MR) is 64.3 cm³/mol. The molecule has 1 unspecified atom stereocenters. The molecule has 0 bridgehead atoms. The van der Waals surface area contributed by atoms with Gasteiger partial charge in [0.2, 0.25) is 0 Å². The van der Waals surface area contributed by atoms with Gasteiger partial charge in [-0.3, -0.25) is 4.79 Å². The standard InChI is InChI=1S/C12H20N2O4/c15-11(16)8-3-4-9(6-8)14-12(17)13-7-10-2-1-5-18-10/h8-10H,1-7H2,(H,15,16)(H2,13,14,17)/t8-,9+,10?/m1/s1. The summed E-state index contributed by atoms with van der Waals surface area (Å²) in [6, 6.07) is -0.239. The molecule has 1 saturated carbocycles. The quantitative estimate of drug-likeness (QED) is 0.691. The van der Waals surface area contributed by atoms with Crippen LogP contribution in [-0.4, -0.2) is 42.4 Å². The third-order valence-electron chi connectivity index (χ3n) is 3.63. The molecule has 3 N–H and O–H groups in total. The van der Waals surface area contributed by atoms with Gasteiger partial charge in [-0.05, 0) is 32.1 Å². The SMILES string of the molecule is O=C(NCC1CCCO1)N[C@H]1CC[C@@H](C(=O)O)C1. The molecule has 2 fully saturated rings. The lowest BCUT2D eigenvalue weighted by Gasteiger charge is -2.15. The maximum absolute atomic E-state index is 11.6. The summed E-state index contributed by atoms with van der Waals surface area (Å²) in [5.41, 5.74) is 0. The number of ether oxygens (including phenoxy) is 1. The second-order valence-electron chi connectivity index (χ2n) is 5.03. The number of amides is 2. The van der Waals surface area contributed by atoms with Crippen molar-refractivity contribution in [1.82, 2.24) is 10.6 Å². The van der Waals surface area contributed by atoms with E-state index in [0.29, 0.717) is 19.4 Å². The molecule has 18 heavy (non-hydrogen) atoms. The van der Waals surface area contributed by atoms with Crippen LogP contribution in [-0.2, 0) is 9.53 Å². The molecule has 0 aromatic carbocycles. The molecule has 1 aliphatic carbocycles. The lowest BCUT2D eigenvalue weighted by Crippen LogP contribution is -2.43. The summed E-state index contributed by atoms with van der Waals surface area (Å²) in [5.74, 6) is -1.08. The second-order valence-corrected chi connectivity index (χ2v) is 5.03. The van der Waals surface area contributed by atoms with E-state index >= 15 is 0 Å². The summed E-state index contributed by atoms with van der Waals surface area (Å²) >= 11 is 0. The number of carboxylic acids is 1. The number of urea groups is 1. The fourth-order valence-corrected chi connectivity index (χ4v) is 2.59.